The molecule has 0 N–H and O–H groups in total. The Kier molecular flexibility index (Phi) is 5.25. The SMILES string of the molecule is Cc1cc(OCc2ccc(F)cc2C)ccc1C#CCCl. The van der Waals surface area contributed by atoms with Crippen molar-refractivity contribution in [1.82, 2.24) is 0 Å². The maximum absolute atomic E-state index is 13.0. The summed E-state index contributed by atoms with van der Waals surface area (Å²) in [5.74, 6) is 6.70. The highest BCUT2D eigenvalue weighted by atomic mass is 35.5. The quantitative estimate of drug-likeness (QED) is 0.594. The summed E-state index contributed by atoms with van der Waals surface area (Å²) in [5, 5.41) is 0. The number of hydrogen-bond donors (Lipinski definition) is 0. The fourth-order valence-corrected chi connectivity index (χ4v) is 2.04. The second kappa shape index (κ2) is 7.15. The third kappa shape index (κ3) is 4.24. The largest absolute Gasteiger partial charge is 0.489 e. The molecular formula is C18H16ClFO. The van der Waals surface area contributed by atoms with Gasteiger partial charge in [0.15, 0.2) is 0 Å². The van der Waals surface area contributed by atoms with Gasteiger partial charge in [0, 0.05) is 5.56 Å². The molecule has 0 saturated heterocycles. The lowest BCUT2D eigenvalue weighted by molar-refractivity contribution is 0.305. The summed E-state index contributed by atoms with van der Waals surface area (Å²) in [6, 6.07) is 10.4. The first-order valence-electron chi connectivity index (χ1n) is 6.63. The van der Waals surface area contributed by atoms with Crippen molar-refractivity contribution in [3.63, 3.8) is 0 Å². The molecule has 2 aromatic rings. The first-order chi connectivity index (χ1) is 10.1. The summed E-state index contributed by atoms with van der Waals surface area (Å²) in [4.78, 5) is 0. The second-order valence-corrected chi connectivity index (χ2v) is 5.04. The smallest absolute Gasteiger partial charge is 0.123 e. The average Bonchev–Trinajstić information content (AvgIpc) is 2.45. The number of benzene rings is 2. The Morgan fingerprint density at radius 1 is 1.10 bits per heavy atom. The number of ether oxygens (including phenoxy) is 1. The molecule has 0 saturated carbocycles. The minimum Gasteiger partial charge on any atom is -0.489 e. The zero-order valence-corrected chi connectivity index (χ0v) is 12.8. The van der Waals surface area contributed by atoms with E-state index < -0.39 is 0 Å². The molecule has 0 unspecified atom stereocenters. The van der Waals surface area contributed by atoms with Crippen molar-refractivity contribution in [2.45, 2.75) is 20.5 Å². The van der Waals surface area contributed by atoms with E-state index in [2.05, 4.69) is 11.8 Å². The molecule has 0 heterocycles. The lowest BCUT2D eigenvalue weighted by atomic mass is 10.1. The van der Waals surface area contributed by atoms with Gasteiger partial charge in [0.1, 0.15) is 18.2 Å². The van der Waals surface area contributed by atoms with E-state index in [0.717, 1.165) is 28.0 Å². The molecule has 0 bridgehead atoms. The van der Waals surface area contributed by atoms with Crippen LogP contribution in [0.3, 0.4) is 0 Å². The van der Waals surface area contributed by atoms with Gasteiger partial charge in [-0.15, -0.1) is 11.6 Å². The van der Waals surface area contributed by atoms with Crippen LogP contribution in [0, 0.1) is 31.5 Å². The Hall–Kier alpha value is -1.98. The molecule has 0 amide bonds. The molecule has 0 atom stereocenters. The maximum Gasteiger partial charge on any atom is 0.123 e. The second-order valence-electron chi connectivity index (χ2n) is 4.77. The minimum atomic E-state index is -0.227. The van der Waals surface area contributed by atoms with Crippen LogP contribution in [0.1, 0.15) is 22.3 Å². The Bertz CT molecular complexity index is 698. The summed E-state index contributed by atoms with van der Waals surface area (Å²) >= 11 is 5.55. The topological polar surface area (TPSA) is 9.23 Å². The van der Waals surface area contributed by atoms with E-state index in [1.807, 2.05) is 32.0 Å². The van der Waals surface area contributed by atoms with Crippen LogP contribution in [0.15, 0.2) is 36.4 Å². The van der Waals surface area contributed by atoms with Gasteiger partial charge in [-0.05, 0) is 60.9 Å². The van der Waals surface area contributed by atoms with E-state index in [1.165, 1.54) is 12.1 Å². The van der Waals surface area contributed by atoms with Gasteiger partial charge >= 0.3 is 0 Å². The van der Waals surface area contributed by atoms with Crippen LogP contribution in [0.25, 0.3) is 0 Å². The zero-order chi connectivity index (χ0) is 15.2. The van der Waals surface area contributed by atoms with Crippen LogP contribution in [-0.4, -0.2) is 5.88 Å². The van der Waals surface area contributed by atoms with E-state index in [1.54, 1.807) is 6.07 Å². The highest BCUT2D eigenvalue weighted by molar-refractivity contribution is 6.19. The van der Waals surface area contributed by atoms with E-state index >= 15 is 0 Å². The van der Waals surface area contributed by atoms with E-state index in [4.69, 9.17) is 16.3 Å². The molecule has 0 aliphatic rings. The van der Waals surface area contributed by atoms with E-state index in [0.29, 0.717) is 12.5 Å². The molecule has 0 aliphatic carbocycles. The standard InChI is InChI=1S/C18H16ClFO/c1-13-10-17(20)7-5-16(13)12-21-18-8-6-15(4-3-9-19)14(2)11-18/h5-8,10-11H,9,12H2,1-2H3. The lowest BCUT2D eigenvalue weighted by Crippen LogP contribution is -1.99. The predicted molar refractivity (Wildman–Crippen MR) is 84.2 cm³/mol. The van der Waals surface area contributed by atoms with Crippen molar-refractivity contribution in [3.8, 4) is 17.6 Å². The minimum absolute atomic E-state index is 0.227. The van der Waals surface area contributed by atoms with Crippen LogP contribution in [0.2, 0.25) is 0 Å². The molecule has 0 radical (unpaired) electrons. The zero-order valence-electron chi connectivity index (χ0n) is 12.0. The molecule has 0 fully saturated rings. The number of halogens is 2. The van der Waals surface area contributed by atoms with E-state index in [-0.39, 0.29) is 5.82 Å². The summed E-state index contributed by atoms with van der Waals surface area (Å²) in [5.41, 5.74) is 3.85. The fraction of sp³-hybridized carbons (Fsp3) is 0.222. The van der Waals surface area contributed by atoms with Crippen molar-refractivity contribution in [2.24, 2.45) is 0 Å². The molecule has 21 heavy (non-hydrogen) atoms. The first-order valence-corrected chi connectivity index (χ1v) is 7.17. The Balaban J connectivity index is 2.08. The van der Waals surface area contributed by atoms with Crippen LogP contribution in [-0.2, 0) is 6.61 Å². The van der Waals surface area contributed by atoms with Crippen LogP contribution >= 0.6 is 11.6 Å². The molecule has 2 aromatic carbocycles. The summed E-state index contributed by atoms with van der Waals surface area (Å²) in [7, 11) is 0. The third-order valence-corrected chi connectivity index (χ3v) is 3.32. The molecule has 108 valence electrons. The van der Waals surface area contributed by atoms with Gasteiger partial charge in [-0.25, -0.2) is 4.39 Å². The first kappa shape index (κ1) is 15.4. The highest BCUT2D eigenvalue weighted by Crippen LogP contribution is 2.19. The lowest BCUT2D eigenvalue weighted by Gasteiger charge is -2.10. The van der Waals surface area contributed by atoms with Gasteiger partial charge < -0.3 is 4.74 Å². The fourth-order valence-electron chi connectivity index (χ4n) is 1.98. The van der Waals surface area contributed by atoms with Gasteiger partial charge in [-0.2, -0.15) is 0 Å². The summed E-state index contributed by atoms with van der Waals surface area (Å²) in [6.07, 6.45) is 0. The molecule has 3 heteroatoms. The Morgan fingerprint density at radius 3 is 2.57 bits per heavy atom. The third-order valence-electron chi connectivity index (χ3n) is 3.19. The van der Waals surface area contributed by atoms with Gasteiger partial charge in [0.2, 0.25) is 0 Å². The average molecular weight is 303 g/mol. The molecule has 0 aliphatic heterocycles. The van der Waals surface area contributed by atoms with Crippen molar-refractivity contribution < 1.29 is 9.13 Å². The summed E-state index contributed by atoms with van der Waals surface area (Å²) < 4.78 is 18.8. The number of aryl methyl sites for hydroxylation is 2. The van der Waals surface area contributed by atoms with Crippen molar-refractivity contribution in [2.75, 3.05) is 5.88 Å². The Labute approximate surface area is 129 Å². The Morgan fingerprint density at radius 2 is 1.90 bits per heavy atom. The van der Waals surface area contributed by atoms with Gasteiger partial charge in [0.05, 0.1) is 5.88 Å². The van der Waals surface area contributed by atoms with E-state index in [9.17, 15) is 4.39 Å². The van der Waals surface area contributed by atoms with Crippen molar-refractivity contribution in [3.05, 3.63) is 64.5 Å². The molecule has 2 rings (SSSR count). The van der Waals surface area contributed by atoms with Crippen molar-refractivity contribution >= 4 is 11.6 Å². The summed E-state index contributed by atoms with van der Waals surface area (Å²) in [6.45, 7) is 4.27. The van der Waals surface area contributed by atoms with Gasteiger partial charge in [-0.1, -0.05) is 17.9 Å². The van der Waals surface area contributed by atoms with Gasteiger partial charge in [0.25, 0.3) is 0 Å². The monoisotopic (exact) mass is 302 g/mol. The van der Waals surface area contributed by atoms with Crippen molar-refractivity contribution in [1.29, 1.82) is 0 Å². The maximum atomic E-state index is 13.0. The number of hydrogen-bond acceptors (Lipinski definition) is 1. The number of alkyl halides is 1. The van der Waals surface area contributed by atoms with Gasteiger partial charge in [-0.3, -0.25) is 0 Å². The van der Waals surface area contributed by atoms with Crippen LogP contribution in [0.4, 0.5) is 4.39 Å². The molecule has 0 spiro atoms. The van der Waals surface area contributed by atoms with Crippen LogP contribution < -0.4 is 4.74 Å². The van der Waals surface area contributed by atoms with Crippen LogP contribution in [0.5, 0.6) is 5.75 Å². The molecule has 1 nitrogen and oxygen atoms in total. The normalized spacial score (nSPS) is 9.90. The predicted octanol–water partition coefficient (Wildman–Crippen LogP) is 4.61. The highest BCUT2D eigenvalue weighted by Gasteiger charge is 2.03. The number of rotatable bonds is 3. The molecule has 0 aromatic heterocycles. The molecular weight excluding hydrogens is 287 g/mol.